The first-order valence-electron chi connectivity index (χ1n) is 5.00. The highest BCUT2D eigenvalue weighted by Crippen LogP contribution is 2.18. The van der Waals surface area contributed by atoms with Crippen molar-refractivity contribution < 1.29 is 4.39 Å². The average molecular weight is 194 g/mol. The van der Waals surface area contributed by atoms with Crippen LogP contribution in [-0.2, 0) is 13.1 Å². The molecular weight excluding hydrogens is 179 g/mol. The molecule has 2 nitrogen and oxygen atoms in total. The van der Waals surface area contributed by atoms with Crippen molar-refractivity contribution in [2.24, 2.45) is 5.73 Å². The van der Waals surface area contributed by atoms with E-state index in [1.54, 1.807) is 6.07 Å². The molecule has 1 fully saturated rings. The summed E-state index contributed by atoms with van der Waals surface area (Å²) in [6.07, 6.45) is 1.23. The molecule has 0 saturated carbocycles. The molecule has 2 rings (SSSR count). The monoisotopic (exact) mass is 194 g/mol. The molecule has 0 aromatic heterocycles. The summed E-state index contributed by atoms with van der Waals surface area (Å²) in [4.78, 5) is 2.23. The van der Waals surface area contributed by atoms with Crippen LogP contribution >= 0.6 is 0 Å². The number of nitrogens with zero attached hydrogens (tertiary/aromatic N) is 1. The lowest BCUT2D eigenvalue weighted by molar-refractivity contribution is 0.170. The standard InChI is InChI=1S/C11H15FN2/c12-11-4-1-3-9(7-13)10(11)8-14-5-2-6-14/h1,3-4H,2,5-8,13H2. The zero-order valence-corrected chi connectivity index (χ0v) is 8.17. The van der Waals surface area contributed by atoms with Crippen molar-refractivity contribution in [2.75, 3.05) is 13.1 Å². The van der Waals surface area contributed by atoms with Gasteiger partial charge in [-0.15, -0.1) is 0 Å². The molecule has 0 unspecified atom stereocenters. The number of likely N-dealkylation sites (tertiary alicyclic amines) is 1. The fourth-order valence-electron chi connectivity index (χ4n) is 1.74. The summed E-state index contributed by atoms with van der Waals surface area (Å²) in [5, 5.41) is 0. The van der Waals surface area contributed by atoms with Gasteiger partial charge in [-0.2, -0.15) is 0 Å². The van der Waals surface area contributed by atoms with E-state index in [4.69, 9.17) is 5.73 Å². The maximum atomic E-state index is 13.5. The molecule has 1 aliphatic heterocycles. The van der Waals surface area contributed by atoms with Crippen molar-refractivity contribution in [2.45, 2.75) is 19.5 Å². The van der Waals surface area contributed by atoms with E-state index < -0.39 is 0 Å². The first-order valence-corrected chi connectivity index (χ1v) is 5.00. The summed E-state index contributed by atoms with van der Waals surface area (Å²) in [5.41, 5.74) is 7.27. The molecule has 1 saturated heterocycles. The molecule has 3 heteroatoms. The van der Waals surface area contributed by atoms with E-state index in [9.17, 15) is 4.39 Å². The molecule has 0 amide bonds. The first-order chi connectivity index (χ1) is 6.81. The molecule has 1 aromatic rings. The van der Waals surface area contributed by atoms with Crippen LogP contribution in [0.15, 0.2) is 18.2 Å². The molecular formula is C11H15FN2. The van der Waals surface area contributed by atoms with Gasteiger partial charge in [0.1, 0.15) is 5.82 Å². The summed E-state index contributed by atoms with van der Waals surface area (Å²) < 4.78 is 13.5. The minimum atomic E-state index is -0.125. The summed E-state index contributed by atoms with van der Waals surface area (Å²) in [5.74, 6) is -0.125. The predicted octanol–water partition coefficient (Wildman–Crippen LogP) is 1.49. The normalized spacial score (nSPS) is 16.7. The molecule has 2 N–H and O–H groups in total. The van der Waals surface area contributed by atoms with Gasteiger partial charge >= 0.3 is 0 Å². The lowest BCUT2D eigenvalue weighted by Crippen LogP contribution is -2.36. The van der Waals surface area contributed by atoms with Gasteiger partial charge in [-0.3, -0.25) is 4.90 Å². The molecule has 1 heterocycles. The van der Waals surface area contributed by atoms with Gasteiger partial charge in [0.2, 0.25) is 0 Å². The molecule has 14 heavy (non-hydrogen) atoms. The maximum absolute atomic E-state index is 13.5. The fourth-order valence-corrected chi connectivity index (χ4v) is 1.74. The van der Waals surface area contributed by atoms with Crippen LogP contribution < -0.4 is 5.73 Å². The van der Waals surface area contributed by atoms with Gasteiger partial charge in [-0.1, -0.05) is 12.1 Å². The number of rotatable bonds is 3. The Morgan fingerprint density at radius 3 is 2.71 bits per heavy atom. The first kappa shape index (κ1) is 9.62. The van der Waals surface area contributed by atoms with Crippen LogP contribution in [0.3, 0.4) is 0 Å². The van der Waals surface area contributed by atoms with Crippen molar-refractivity contribution in [1.29, 1.82) is 0 Å². The van der Waals surface area contributed by atoms with Crippen LogP contribution in [0.25, 0.3) is 0 Å². The fraction of sp³-hybridized carbons (Fsp3) is 0.455. The van der Waals surface area contributed by atoms with Gasteiger partial charge in [0.05, 0.1) is 0 Å². The second kappa shape index (κ2) is 4.07. The summed E-state index contributed by atoms with van der Waals surface area (Å²) in [6.45, 7) is 3.29. The largest absolute Gasteiger partial charge is 0.326 e. The zero-order valence-electron chi connectivity index (χ0n) is 8.17. The van der Waals surface area contributed by atoms with E-state index in [0.29, 0.717) is 13.1 Å². The number of hydrogen-bond donors (Lipinski definition) is 1. The van der Waals surface area contributed by atoms with E-state index in [1.807, 2.05) is 6.07 Å². The third-order valence-electron chi connectivity index (χ3n) is 2.77. The van der Waals surface area contributed by atoms with Crippen LogP contribution in [0.4, 0.5) is 4.39 Å². The number of halogens is 1. The van der Waals surface area contributed by atoms with Crippen molar-refractivity contribution in [3.05, 3.63) is 35.1 Å². The minimum absolute atomic E-state index is 0.125. The highest BCUT2D eigenvalue weighted by atomic mass is 19.1. The zero-order chi connectivity index (χ0) is 9.97. The van der Waals surface area contributed by atoms with Crippen LogP contribution in [0.1, 0.15) is 17.5 Å². The van der Waals surface area contributed by atoms with Crippen molar-refractivity contribution in [3.8, 4) is 0 Å². The molecule has 0 bridgehead atoms. The van der Waals surface area contributed by atoms with E-state index in [2.05, 4.69) is 4.90 Å². The second-order valence-corrected chi connectivity index (χ2v) is 3.71. The number of hydrogen-bond acceptors (Lipinski definition) is 2. The van der Waals surface area contributed by atoms with Gasteiger partial charge in [-0.25, -0.2) is 4.39 Å². The van der Waals surface area contributed by atoms with E-state index in [1.165, 1.54) is 12.5 Å². The van der Waals surface area contributed by atoms with Gasteiger partial charge in [-0.05, 0) is 31.1 Å². The quantitative estimate of drug-likeness (QED) is 0.790. The topological polar surface area (TPSA) is 29.3 Å². The Morgan fingerprint density at radius 2 is 2.14 bits per heavy atom. The lowest BCUT2D eigenvalue weighted by Gasteiger charge is -2.31. The summed E-state index contributed by atoms with van der Waals surface area (Å²) in [7, 11) is 0. The SMILES string of the molecule is NCc1cccc(F)c1CN1CCC1. The maximum Gasteiger partial charge on any atom is 0.128 e. The van der Waals surface area contributed by atoms with Crippen LogP contribution in [0.5, 0.6) is 0 Å². The predicted molar refractivity (Wildman–Crippen MR) is 54.2 cm³/mol. The van der Waals surface area contributed by atoms with Gasteiger partial charge in [0.25, 0.3) is 0 Å². The minimum Gasteiger partial charge on any atom is -0.326 e. The van der Waals surface area contributed by atoms with Gasteiger partial charge in [0, 0.05) is 18.7 Å². The van der Waals surface area contributed by atoms with Gasteiger partial charge < -0.3 is 5.73 Å². The van der Waals surface area contributed by atoms with Crippen LogP contribution in [0.2, 0.25) is 0 Å². The Bertz CT molecular complexity index is 321. The Hall–Kier alpha value is -0.930. The summed E-state index contributed by atoms with van der Waals surface area (Å²) in [6, 6.07) is 5.13. The van der Waals surface area contributed by atoms with Crippen LogP contribution in [-0.4, -0.2) is 18.0 Å². The third-order valence-corrected chi connectivity index (χ3v) is 2.77. The Balaban J connectivity index is 2.19. The van der Waals surface area contributed by atoms with E-state index in [0.717, 1.165) is 24.2 Å². The molecule has 1 aliphatic rings. The lowest BCUT2D eigenvalue weighted by atomic mass is 10.0. The number of benzene rings is 1. The number of nitrogens with two attached hydrogens (primary N) is 1. The van der Waals surface area contributed by atoms with Crippen LogP contribution in [0, 0.1) is 5.82 Å². The summed E-state index contributed by atoms with van der Waals surface area (Å²) >= 11 is 0. The highest BCUT2D eigenvalue weighted by Gasteiger charge is 2.17. The van der Waals surface area contributed by atoms with Crippen molar-refractivity contribution in [1.82, 2.24) is 4.90 Å². The average Bonchev–Trinajstić information content (AvgIpc) is 2.12. The molecule has 0 radical (unpaired) electrons. The third kappa shape index (κ3) is 1.79. The Kier molecular flexibility index (Phi) is 2.79. The van der Waals surface area contributed by atoms with E-state index in [-0.39, 0.29) is 5.82 Å². The van der Waals surface area contributed by atoms with Crippen molar-refractivity contribution in [3.63, 3.8) is 0 Å². The smallest absolute Gasteiger partial charge is 0.128 e. The van der Waals surface area contributed by atoms with Gasteiger partial charge in [0.15, 0.2) is 0 Å². The van der Waals surface area contributed by atoms with E-state index >= 15 is 0 Å². The molecule has 0 aliphatic carbocycles. The van der Waals surface area contributed by atoms with Crippen molar-refractivity contribution >= 4 is 0 Å². The highest BCUT2D eigenvalue weighted by molar-refractivity contribution is 5.28. The molecule has 76 valence electrons. The second-order valence-electron chi connectivity index (χ2n) is 3.71. The Morgan fingerprint density at radius 1 is 1.36 bits per heavy atom. The molecule has 0 spiro atoms. The Labute approximate surface area is 83.5 Å². The molecule has 0 atom stereocenters. The molecule has 1 aromatic carbocycles.